The molecule has 0 spiro atoms. The average molecular weight is 241 g/mol. The van der Waals surface area contributed by atoms with Gasteiger partial charge in [0.15, 0.2) is 0 Å². The van der Waals surface area contributed by atoms with Crippen molar-refractivity contribution in [2.45, 2.75) is 18.9 Å². The second-order valence-corrected chi connectivity index (χ2v) is 4.17. The fourth-order valence-electron chi connectivity index (χ4n) is 1.56. The lowest BCUT2D eigenvalue weighted by molar-refractivity contribution is 0.0646. The Balaban J connectivity index is 2.88. The summed E-state index contributed by atoms with van der Waals surface area (Å²) in [6, 6.07) is 1.55. The van der Waals surface area contributed by atoms with Crippen molar-refractivity contribution >= 4 is 11.6 Å². The molecular weight excluding hydrogens is 222 g/mol. The molecule has 17 heavy (non-hydrogen) atoms. The van der Waals surface area contributed by atoms with E-state index in [-0.39, 0.29) is 19.1 Å². The zero-order valence-corrected chi connectivity index (χ0v) is 10.1. The molecule has 0 radical (unpaired) electrons. The predicted molar refractivity (Wildman–Crippen MR) is 64.5 cm³/mol. The minimum atomic E-state index is -0.990. The molecule has 6 nitrogen and oxygen atoms in total. The van der Waals surface area contributed by atoms with Crippen LogP contribution >= 0.6 is 0 Å². The summed E-state index contributed by atoms with van der Waals surface area (Å²) in [7, 11) is 1.71. The fraction of sp³-hybridized carbons (Fsp3) is 0.545. The Labute approximate surface area is 100 Å². The molecule has 0 aliphatic heterocycles. The Kier molecular flexibility index (Phi) is 4.14. The third-order valence-corrected chi connectivity index (χ3v) is 2.92. The number of carbonyl (C=O) groups is 1. The van der Waals surface area contributed by atoms with Crippen LogP contribution in [0.5, 0.6) is 0 Å². The summed E-state index contributed by atoms with van der Waals surface area (Å²) in [4.78, 5) is 12.0. The molecule has 0 saturated heterocycles. The quantitative estimate of drug-likeness (QED) is 0.556. The first-order valence-corrected chi connectivity index (χ1v) is 5.44. The van der Waals surface area contributed by atoms with Gasteiger partial charge in [-0.3, -0.25) is 4.79 Å². The standard InChI is InChI=1S/C11H19N3O3/c1-3-11(6-15,7-16)13-10(17)9-4-8(12)5-14(9)2/h4-5,15-16H,3,6-7,12H2,1-2H3,(H,13,17). The van der Waals surface area contributed by atoms with E-state index in [1.54, 1.807) is 30.8 Å². The maximum atomic E-state index is 12.0. The highest BCUT2D eigenvalue weighted by molar-refractivity contribution is 5.94. The Morgan fingerprint density at radius 3 is 2.47 bits per heavy atom. The van der Waals surface area contributed by atoms with Crippen molar-refractivity contribution in [3.63, 3.8) is 0 Å². The molecule has 0 fully saturated rings. The van der Waals surface area contributed by atoms with Crippen LogP contribution in [0.4, 0.5) is 5.69 Å². The zero-order chi connectivity index (χ0) is 13.1. The number of nitrogens with zero attached hydrogens (tertiary/aromatic N) is 1. The molecule has 1 amide bonds. The summed E-state index contributed by atoms with van der Waals surface area (Å²) in [5.74, 6) is -0.367. The molecule has 6 heteroatoms. The molecular formula is C11H19N3O3. The van der Waals surface area contributed by atoms with Crippen molar-refractivity contribution in [2.24, 2.45) is 7.05 Å². The van der Waals surface area contributed by atoms with Gasteiger partial charge < -0.3 is 25.8 Å². The summed E-state index contributed by atoms with van der Waals surface area (Å²) in [6.45, 7) is 1.16. The SMILES string of the molecule is CCC(CO)(CO)NC(=O)c1cc(N)cn1C. The summed E-state index contributed by atoms with van der Waals surface area (Å²) >= 11 is 0. The number of aromatic nitrogens is 1. The van der Waals surface area contributed by atoms with Crippen molar-refractivity contribution in [2.75, 3.05) is 18.9 Å². The van der Waals surface area contributed by atoms with E-state index < -0.39 is 5.54 Å². The molecule has 0 unspecified atom stereocenters. The molecule has 5 N–H and O–H groups in total. The number of anilines is 1. The van der Waals surface area contributed by atoms with Crippen molar-refractivity contribution in [3.05, 3.63) is 18.0 Å². The van der Waals surface area contributed by atoms with E-state index in [2.05, 4.69) is 5.32 Å². The molecule has 1 aromatic rings. The van der Waals surface area contributed by atoms with Gasteiger partial charge in [-0.05, 0) is 12.5 Å². The molecule has 1 aromatic heterocycles. The van der Waals surface area contributed by atoms with Crippen LogP contribution in [-0.2, 0) is 7.05 Å². The number of amides is 1. The maximum absolute atomic E-state index is 12.0. The van der Waals surface area contributed by atoms with Gasteiger partial charge in [-0.1, -0.05) is 6.92 Å². The number of nitrogen functional groups attached to an aromatic ring is 1. The highest BCUT2D eigenvalue weighted by Crippen LogP contribution is 2.13. The topological polar surface area (TPSA) is 101 Å². The van der Waals surface area contributed by atoms with Gasteiger partial charge in [0.2, 0.25) is 0 Å². The first kappa shape index (κ1) is 13.5. The third-order valence-electron chi connectivity index (χ3n) is 2.92. The van der Waals surface area contributed by atoms with E-state index in [4.69, 9.17) is 5.73 Å². The van der Waals surface area contributed by atoms with Gasteiger partial charge in [0.05, 0.1) is 24.4 Å². The lowest BCUT2D eigenvalue weighted by Crippen LogP contribution is -2.54. The molecule has 1 heterocycles. The van der Waals surface area contributed by atoms with Crippen LogP contribution < -0.4 is 11.1 Å². The maximum Gasteiger partial charge on any atom is 0.268 e. The number of nitrogens with one attached hydrogen (secondary N) is 1. The van der Waals surface area contributed by atoms with E-state index in [1.807, 2.05) is 0 Å². The van der Waals surface area contributed by atoms with Crippen molar-refractivity contribution in [1.82, 2.24) is 9.88 Å². The largest absolute Gasteiger partial charge is 0.397 e. The highest BCUT2D eigenvalue weighted by Gasteiger charge is 2.29. The van der Waals surface area contributed by atoms with Gasteiger partial charge in [0.25, 0.3) is 5.91 Å². The molecule has 0 bridgehead atoms. The van der Waals surface area contributed by atoms with E-state index in [1.165, 1.54) is 0 Å². The van der Waals surface area contributed by atoms with Crippen LogP contribution in [0.2, 0.25) is 0 Å². The number of carbonyl (C=O) groups excluding carboxylic acids is 1. The van der Waals surface area contributed by atoms with Crippen LogP contribution in [0.15, 0.2) is 12.3 Å². The van der Waals surface area contributed by atoms with Gasteiger partial charge >= 0.3 is 0 Å². The van der Waals surface area contributed by atoms with Gasteiger partial charge in [-0.15, -0.1) is 0 Å². The summed E-state index contributed by atoms with van der Waals surface area (Å²) in [5, 5.41) is 21.1. The first-order valence-electron chi connectivity index (χ1n) is 5.44. The zero-order valence-electron chi connectivity index (χ0n) is 10.1. The molecule has 0 aliphatic rings. The second kappa shape index (κ2) is 5.20. The van der Waals surface area contributed by atoms with Crippen LogP contribution in [0, 0.1) is 0 Å². The van der Waals surface area contributed by atoms with E-state index >= 15 is 0 Å². The Bertz CT molecular complexity index is 388. The molecule has 96 valence electrons. The van der Waals surface area contributed by atoms with E-state index in [0.29, 0.717) is 17.8 Å². The highest BCUT2D eigenvalue weighted by atomic mass is 16.3. The van der Waals surface area contributed by atoms with Gasteiger partial charge in [0.1, 0.15) is 5.69 Å². The van der Waals surface area contributed by atoms with Crippen LogP contribution in [-0.4, -0.2) is 39.4 Å². The lowest BCUT2D eigenvalue weighted by atomic mass is 9.98. The van der Waals surface area contributed by atoms with E-state index in [0.717, 1.165) is 0 Å². The second-order valence-electron chi connectivity index (χ2n) is 4.17. The number of nitrogens with two attached hydrogens (primary N) is 1. The Morgan fingerprint density at radius 2 is 2.12 bits per heavy atom. The van der Waals surface area contributed by atoms with Crippen molar-refractivity contribution in [3.8, 4) is 0 Å². The van der Waals surface area contributed by atoms with Gasteiger partial charge in [-0.25, -0.2) is 0 Å². The van der Waals surface area contributed by atoms with Gasteiger partial charge in [-0.2, -0.15) is 0 Å². The van der Waals surface area contributed by atoms with E-state index in [9.17, 15) is 15.0 Å². The molecule has 1 rings (SSSR count). The number of aryl methyl sites for hydroxylation is 1. The predicted octanol–water partition coefficient (Wildman–Crippen LogP) is -0.529. The molecule has 0 aliphatic carbocycles. The van der Waals surface area contributed by atoms with Crippen LogP contribution in [0.1, 0.15) is 23.8 Å². The minimum Gasteiger partial charge on any atom is -0.397 e. The van der Waals surface area contributed by atoms with Crippen molar-refractivity contribution < 1.29 is 15.0 Å². The number of hydrogen-bond acceptors (Lipinski definition) is 4. The monoisotopic (exact) mass is 241 g/mol. The number of aliphatic hydroxyl groups is 2. The first-order chi connectivity index (χ1) is 7.98. The summed E-state index contributed by atoms with van der Waals surface area (Å²) < 4.78 is 1.60. The van der Waals surface area contributed by atoms with Crippen LogP contribution in [0.25, 0.3) is 0 Å². The average Bonchev–Trinajstić information content (AvgIpc) is 2.65. The van der Waals surface area contributed by atoms with Gasteiger partial charge in [0, 0.05) is 13.2 Å². The fourth-order valence-corrected chi connectivity index (χ4v) is 1.56. The summed E-state index contributed by atoms with van der Waals surface area (Å²) in [5.41, 5.74) is 5.47. The lowest BCUT2D eigenvalue weighted by Gasteiger charge is -2.29. The van der Waals surface area contributed by atoms with Crippen LogP contribution in [0.3, 0.4) is 0 Å². The number of aliphatic hydroxyl groups excluding tert-OH is 2. The van der Waals surface area contributed by atoms with Crippen molar-refractivity contribution in [1.29, 1.82) is 0 Å². The Hall–Kier alpha value is -1.53. The summed E-state index contributed by atoms with van der Waals surface area (Å²) in [6.07, 6.45) is 2.06. The smallest absolute Gasteiger partial charge is 0.268 e. The Morgan fingerprint density at radius 1 is 1.53 bits per heavy atom. The number of hydrogen-bond donors (Lipinski definition) is 4. The normalized spacial score (nSPS) is 11.5. The molecule has 0 saturated carbocycles. The molecule has 0 atom stereocenters. The third kappa shape index (κ3) is 2.78. The molecule has 0 aromatic carbocycles. The number of rotatable bonds is 5. The minimum absolute atomic E-state index is 0.314.